The number of para-hydroxylation sites is 2. The van der Waals surface area contributed by atoms with Crippen molar-refractivity contribution in [2.24, 2.45) is 0 Å². The van der Waals surface area contributed by atoms with Gasteiger partial charge in [0.2, 0.25) is 0 Å². The molecule has 2 aromatic heterocycles. The van der Waals surface area contributed by atoms with E-state index in [4.69, 9.17) is 4.74 Å². The Morgan fingerprint density at radius 2 is 1.12 bits per heavy atom. The summed E-state index contributed by atoms with van der Waals surface area (Å²) >= 11 is 0. The van der Waals surface area contributed by atoms with Crippen molar-refractivity contribution in [3.63, 3.8) is 0 Å². The molecule has 2 atom stereocenters. The van der Waals surface area contributed by atoms with E-state index in [1.807, 2.05) is 48.5 Å². The maximum atomic E-state index is 12.5. The van der Waals surface area contributed by atoms with Crippen LogP contribution in [0, 0.1) is 0 Å². The largest absolute Gasteiger partial charge is 0.392 e. The Bertz CT molecular complexity index is 1050. The number of esters is 2. The second-order valence-electron chi connectivity index (χ2n) is 6.27. The first kappa shape index (κ1) is 14.0. The third-order valence-corrected chi connectivity index (χ3v) is 4.95. The van der Waals surface area contributed by atoms with Crippen LogP contribution in [0.25, 0.3) is 21.8 Å². The lowest BCUT2D eigenvalue weighted by molar-refractivity contribution is -0.152. The van der Waals surface area contributed by atoms with Crippen LogP contribution in [-0.2, 0) is 14.3 Å². The molecule has 3 heterocycles. The zero-order valence-corrected chi connectivity index (χ0v) is 13.2. The summed E-state index contributed by atoms with van der Waals surface area (Å²) in [5.74, 6) is -2.29. The Morgan fingerprint density at radius 3 is 1.60 bits per heavy atom. The first-order chi connectivity index (χ1) is 12.2. The first-order valence-corrected chi connectivity index (χ1v) is 8.11. The maximum Gasteiger partial charge on any atom is 0.322 e. The monoisotopic (exact) mass is 330 g/mol. The number of fused-ring (bicyclic) bond motifs is 2. The number of aromatic nitrogens is 2. The number of nitrogens with one attached hydrogen (secondary N) is 2. The van der Waals surface area contributed by atoms with Crippen LogP contribution >= 0.6 is 0 Å². The van der Waals surface area contributed by atoms with Crippen LogP contribution in [0.15, 0.2) is 60.9 Å². The van der Waals surface area contributed by atoms with E-state index in [9.17, 15) is 9.59 Å². The Hall–Kier alpha value is -3.34. The van der Waals surface area contributed by atoms with Crippen LogP contribution in [0.2, 0.25) is 0 Å². The van der Waals surface area contributed by atoms with Crippen LogP contribution in [-0.4, -0.2) is 21.9 Å². The van der Waals surface area contributed by atoms with E-state index < -0.39 is 23.8 Å². The van der Waals surface area contributed by atoms with Gasteiger partial charge in [-0.3, -0.25) is 9.59 Å². The van der Waals surface area contributed by atoms with Crippen LogP contribution in [0.3, 0.4) is 0 Å². The van der Waals surface area contributed by atoms with Gasteiger partial charge in [0.15, 0.2) is 0 Å². The van der Waals surface area contributed by atoms with Gasteiger partial charge < -0.3 is 14.7 Å². The summed E-state index contributed by atoms with van der Waals surface area (Å²) in [4.78, 5) is 31.4. The van der Waals surface area contributed by atoms with Crippen LogP contribution in [0.5, 0.6) is 0 Å². The number of carbonyl (C=O) groups is 2. The Kier molecular flexibility index (Phi) is 2.85. The molecule has 5 rings (SSSR count). The van der Waals surface area contributed by atoms with E-state index in [1.165, 1.54) is 0 Å². The second-order valence-corrected chi connectivity index (χ2v) is 6.27. The zero-order chi connectivity index (χ0) is 17.0. The molecule has 0 amide bonds. The molecule has 1 fully saturated rings. The predicted octanol–water partition coefficient (Wildman–Crippen LogP) is 3.60. The fourth-order valence-electron chi connectivity index (χ4n) is 3.81. The van der Waals surface area contributed by atoms with Gasteiger partial charge in [-0.05, 0) is 23.3 Å². The summed E-state index contributed by atoms with van der Waals surface area (Å²) in [6.07, 6.45) is 3.61. The van der Waals surface area contributed by atoms with Gasteiger partial charge in [-0.15, -0.1) is 0 Å². The van der Waals surface area contributed by atoms with Gasteiger partial charge in [0.05, 0.1) is 0 Å². The quantitative estimate of drug-likeness (QED) is 0.435. The average Bonchev–Trinajstić information content (AvgIpc) is 3.30. The van der Waals surface area contributed by atoms with Gasteiger partial charge in [-0.2, -0.15) is 0 Å². The summed E-state index contributed by atoms with van der Waals surface area (Å²) in [5.41, 5.74) is 3.45. The van der Waals surface area contributed by atoms with Crippen molar-refractivity contribution >= 4 is 33.7 Å². The highest BCUT2D eigenvalue weighted by atomic mass is 16.6. The summed E-state index contributed by atoms with van der Waals surface area (Å²) in [5, 5.41) is 1.87. The van der Waals surface area contributed by atoms with Crippen LogP contribution < -0.4 is 0 Å². The highest BCUT2D eigenvalue weighted by molar-refractivity contribution is 6.06. The molecule has 2 aromatic carbocycles. The summed E-state index contributed by atoms with van der Waals surface area (Å²) < 4.78 is 5.03. The number of benzene rings is 2. The lowest BCUT2D eigenvalue weighted by Crippen LogP contribution is -2.13. The molecule has 0 saturated carbocycles. The lowest BCUT2D eigenvalue weighted by atomic mass is 9.83. The van der Waals surface area contributed by atoms with Gasteiger partial charge in [0.1, 0.15) is 11.8 Å². The molecule has 1 aliphatic rings. The van der Waals surface area contributed by atoms with E-state index in [1.54, 1.807) is 12.4 Å². The van der Waals surface area contributed by atoms with E-state index in [0.717, 1.165) is 32.9 Å². The number of H-pyrrole nitrogens is 2. The predicted molar refractivity (Wildman–Crippen MR) is 93.2 cm³/mol. The number of hydrogen-bond donors (Lipinski definition) is 2. The molecule has 5 nitrogen and oxygen atoms in total. The van der Waals surface area contributed by atoms with Crippen LogP contribution in [0.1, 0.15) is 23.0 Å². The molecule has 0 bridgehead atoms. The molecule has 5 heteroatoms. The smallest absolute Gasteiger partial charge is 0.322 e. The van der Waals surface area contributed by atoms with E-state index >= 15 is 0 Å². The molecule has 0 spiro atoms. The number of aromatic amines is 2. The fraction of sp³-hybridized carbons (Fsp3) is 0.100. The SMILES string of the molecule is O=C1OC(=O)C(c2c[nH]c3ccccc23)C1c1c[nH]c2ccccc12. The van der Waals surface area contributed by atoms with Crippen molar-refractivity contribution in [2.75, 3.05) is 0 Å². The summed E-state index contributed by atoms with van der Waals surface area (Å²) in [6.45, 7) is 0. The molecule has 2 N–H and O–H groups in total. The van der Waals surface area contributed by atoms with Crippen molar-refractivity contribution < 1.29 is 14.3 Å². The van der Waals surface area contributed by atoms with Gasteiger partial charge in [-0.25, -0.2) is 0 Å². The van der Waals surface area contributed by atoms with Crippen molar-refractivity contribution in [3.05, 3.63) is 72.1 Å². The average molecular weight is 330 g/mol. The Labute approximate surface area is 142 Å². The minimum atomic E-state index is -0.650. The van der Waals surface area contributed by atoms with Crippen molar-refractivity contribution in [1.29, 1.82) is 0 Å². The second kappa shape index (κ2) is 5.08. The molecule has 0 aliphatic carbocycles. The van der Waals surface area contributed by atoms with E-state index in [0.29, 0.717) is 0 Å². The van der Waals surface area contributed by atoms with Gasteiger partial charge in [0, 0.05) is 34.2 Å². The molecule has 25 heavy (non-hydrogen) atoms. The minimum Gasteiger partial charge on any atom is -0.392 e. The van der Waals surface area contributed by atoms with Crippen molar-refractivity contribution in [2.45, 2.75) is 11.8 Å². The molecule has 4 aromatic rings. The van der Waals surface area contributed by atoms with E-state index in [2.05, 4.69) is 9.97 Å². The van der Waals surface area contributed by atoms with Crippen molar-refractivity contribution in [1.82, 2.24) is 9.97 Å². The summed E-state index contributed by atoms with van der Waals surface area (Å²) in [6, 6.07) is 15.5. The fourth-order valence-corrected chi connectivity index (χ4v) is 3.81. The maximum absolute atomic E-state index is 12.5. The van der Waals surface area contributed by atoms with Gasteiger partial charge in [-0.1, -0.05) is 36.4 Å². The number of hydrogen-bond acceptors (Lipinski definition) is 3. The third kappa shape index (κ3) is 1.96. The highest BCUT2D eigenvalue weighted by Crippen LogP contribution is 2.44. The molecule has 1 aliphatic heterocycles. The minimum absolute atomic E-state index is 0.495. The number of rotatable bonds is 2. The molecular formula is C20H14N2O3. The number of cyclic esters (lactones) is 2. The molecule has 2 unspecified atom stereocenters. The van der Waals surface area contributed by atoms with Gasteiger partial charge >= 0.3 is 11.9 Å². The molecule has 122 valence electrons. The topological polar surface area (TPSA) is 75.0 Å². The molecule has 0 radical (unpaired) electrons. The normalized spacial score (nSPS) is 20.5. The van der Waals surface area contributed by atoms with Crippen LogP contribution in [0.4, 0.5) is 0 Å². The number of ether oxygens (including phenoxy) is 1. The Balaban J connectivity index is 1.72. The number of carbonyl (C=O) groups excluding carboxylic acids is 2. The van der Waals surface area contributed by atoms with Gasteiger partial charge in [0.25, 0.3) is 0 Å². The summed E-state index contributed by atoms with van der Waals surface area (Å²) in [7, 11) is 0. The first-order valence-electron chi connectivity index (χ1n) is 8.11. The Morgan fingerprint density at radius 1 is 0.680 bits per heavy atom. The van der Waals surface area contributed by atoms with Crippen molar-refractivity contribution in [3.8, 4) is 0 Å². The van der Waals surface area contributed by atoms with E-state index in [-0.39, 0.29) is 0 Å². The highest BCUT2D eigenvalue weighted by Gasteiger charge is 2.47. The molecular weight excluding hydrogens is 316 g/mol. The molecule has 1 saturated heterocycles. The third-order valence-electron chi connectivity index (χ3n) is 4.95. The lowest BCUT2D eigenvalue weighted by Gasteiger charge is -2.13. The standard InChI is InChI=1S/C20H14N2O3/c23-19-17(13-9-21-15-7-3-1-5-11(13)15)18(20(24)25-19)14-10-22-16-8-4-2-6-12(14)16/h1-10,17-18,21-22H. The zero-order valence-electron chi connectivity index (χ0n) is 13.2.